The molecule has 0 bridgehead atoms. The summed E-state index contributed by atoms with van der Waals surface area (Å²) in [6.07, 6.45) is 10.0. The first-order chi connectivity index (χ1) is 7.63. The van der Waals surface area contributed by atoms with E-state index < -0.39 is 0 Å². The number of hydrogen-bond acceptors (Lipinski definition) is 1. The minimum absolute atomic E-state index is 0. The molecule has 1 aliphatic carbocycles. The van der Waals surface area contributed by atoms with Crippen molar-refractivity contribution in [1.29, 1.82) is 0 Å². The summed E-state index contributed by atoms with van der Waals surface area (Å²) in [7, 11) is 0. The Balaban J connectivity index is -0.000000185. The van der Waals surface area contributed by atoms with Crippen molar-refractivity contribution < 1.29 is 49.9 Å². The molecule has 18 heavy (non-hydrogen) atoms. The number of para-hydroxylation sites is 1. The second-order valence-electron chi connectivity index (χ2n) is 3.34. The number of phenols is 1. The second kappa shape index (κ2) is 16.7. The molecule has 1 N–H and O–H groups in total. The van der Waals surface area contributed by atoms with Gasteiger partial charge in [-0.3, -0.25) is 6.08 Å². The van der Waals surface area contributed by atoms with Crippen molar-refractivity contribution >= 4 is 3.81 Å². The molecule has 4 heteroatoms. The number of hydrogen-bond donors (Lipinski definition) is 1. The first-order valence-electron chi connectivity index (χ1n) is 5.10. The molecule has 0 heterocycles. The quantitative estimate of drug-likeness (QED) is 0.412. The van der Waals surface area contributed by atoms with Gasteiger partial charge in [0.1, 0.15) is 5.75 Å². The predicted molar refractivity (Wildman–Crippen MR) is 66.0 cm³/mol. The van der Waals surface area contributed by atoms with Crippen LogP contribution in [0.3, 0.4) is 0 Å². The van der Waals surface area contributed by atoms with Gasteiger partial charge in [0.15, 0.2) is 0 Å². The third kappa shape index (κ3) is 21.0. The Morgan fingerprint density at radius 3 is 1.83 bits per heavy atom. The fourth-order valence-electron chi connectivity index (χ4n) is 0.768. The normalized spacial score (nSPS) is 9.78. The van der Waals surface area contributed by atoms with Gasteiger partial charge < -0.3 is 29.9 Å². The zero-order valence-electron chi connectivity index (χ0n) is 10.5. The molecule has 0 radical (unpaired) electrons. The summed E-state index contributed by atoms with van der Waals surface area (Å²) in [4.78, 5) is 0. The van der Waals surface area contributed by atoms with Crippen molar-refractivity contribution in [2.45, 2.75) is 20.3 Å². The van der Waals surface area contributed by atoms with E-state index >= 15 is 0 Å². The molecule has 0 atom stereocenters. The standard InChI is InChI=1S/C6H6O.C5H5.C3H6.2ClH.Ti/c7-6-4-2-1-3-5-6;1-2-4-5-3-1;1-3-2;;;/h1-5,7H;1-3H,4H2;1-2H3;2*1H;/q;-1;;;;+1/p-2. The Kier molecular flexibility index (Phi) is 21.1. The van der Waals surface area contributed by atoms with Gasteiger partial charge in [0, 0.05) is 0 Å². The minimum Gasteiger partial charge on any atom is -1.00 e. The summed E-state index contributed by atoms with van der Waals surface area (Å²) >= 11 is 2.08. The first-order valence-corrected chi connectivity index (χ1v) is 5.88. The number of phenolic OH excluding ortho intramolecular Hbond substituents is 1. The van der Waals surface area contributed by atoms with Gasteiger partial charge >= 0.3 is 37.6 Å². The van der Waals surface area contributed by atoms with Crippen LogP contribution < -0.4 is 24.8 Å². The summed E-state index contributed by atoms with van der Waals surface area (Å²) in [6, 6.07) is 8.71. The molecule has 99 valence electrons. The van der Waals surface area contributed by atoms with Crippen LogP contribution in [0.15, 0.2) is 48.6 Å². The smallest absolute Gasteiger partial charge is 0.115 e. The monoisotopic (exact) mass is 319 g/mol. The molecule has 1 aliphatic rings. The molecular formula is C14H17Cl2OTi-2. The van der Waals surface area contributed by atoms with Gasteiger partial charge in [-0.05, 0) is 12.1 Å². The number of aromatic hydroxyl groups is 1. The van der Waals surface area contributed by atoms with E-state index in [9.17, 15) is 0 Å². The Bertz CT molecular complexity index is 334. The van der Waals surface area contributed by atoms with Crippen LogP contribution in [0.2, 0.25) is 0 Å². The van der Waals surface area contributed by atoms with E-state index in [0.29, 0.717) is 5.75 Å². The number of halogens is 2. The summed E-state index contributed by atoms with van der Waals surface area (Å²) in [5, 5.41) is 8.63. The molecule has 1 aromatic carbocycles. The third-order valence-electron chi connectivity index (χ3n) is 1.34. The van der Waals surface area contributed by atoms with E-state index in [2.05, 4.69) is 46.0 Å². The van der Waals surface area contributed by atoms with Crippen LogP contribution in [0.1, 0.15) is 20.3 Å². The molecule has 0 aromatic heterocycles. The van der Waals surface area contributed by atoms with Crippen LogP contribution in [-0.2, 0) is 20.0 Å². The maximum absolute atomic E-state index is 8.63. The van der Waals surface area contributed by atoms with Gasteiger partial charge in [-0.2, -0.15) is 6.08 Å². The predicted octanol–water partition coefficient (Wildman–Crippen LogP) is -2.55. The number of rotatable bonds is 0. The summed E-state index contributed by atoms with van der Waals surface area (Å²) < 4.78 is 1.42. The van der Waals surface area contributed by atoms with Crippen molar-refractivity contribution in [1.82, 2.24) is 0 Å². The molecule has 0 aliphatic heterocycles. The van der Waals surface area contributed by atoms with E-state index in [1.165, 1.54) is 3.81 Å². The molecule has 0 spiro atoms. The second-order valence-corrected chi connectivity index (χ2v) is 4.90. The molecule has 0 unspecified atom stereocenters. The zero-order valence-corrected chi connectivity index (χ0v) is 13.6. The van der Waals surface area contributed by atoms with Crippen LogP contribution in [0.25, 0.3) is 0 Å². The number of benzene rings is 1. The maximum atomic E-state index is 8.63. The average Bonchev–Trinajstić information content (AvgIpc) is 2.75. The van der Waals surface area contributed by atoms with Crippen LogP contribution in [0, 0.1) is 6.08 Å². The van der Waals surface area contributed by atoms with Crippen LogP contribution in [-0.4, -0.2) is 8.92 Å². The molecule has 0 saturated heterocycles. The third-order valence-corrected chi connectivity index (χ3v) is 1.34. The largest absolute Gasteiger partial charge is 1.00 e. The van der Waals surface area contributed by atoms with Gasteiger partial charge in [-0.15, -0.1) is 6.42 Å². The fourth-order valence-corrected chi connectivity index (χ4v) is 0.768. The van der Waals surface area contributed by atoms with Crippen LogP contribution in [0.4, 0.5) is 0 Å². The first kappa shape index (κ1) is 22.8. The summed E-state index contributed by atoms with van der Waals surface area (Å²) in [6.45, 7) is 4.17. The van der Waals surface area contributed by atoms with Gasteiger partial charge in [-0.1, -0.05) is 18.2 Å². The van der Waals surface area contributed by atoms with Crippen LogP contribution >= 0.6 is 0 Å². The van der Waals surface area contributed by atoms with Crippen molar-refractivity contribution in [2.24, 2.45) is 0 Å². The van der Waals surface area contributed by atoms with Crippen molar-refractivity contribution in [3.63, 3.8) is 0 Å². The summed E-state index contributed by atoms with van der Waals surface area (Å²) in [5.41, 5.74) is 0. The van der Waals surface area contributed by atoms with E-state index in [4.69, 9.17) is 5.11 Å². The molecule has 1 nitrogen and oxygen atoms in total. The van der Waals surface area contributed by atoms with E-state index in [0.717, 1.165) is 6.42 Å². The molecule has 0 saturated carbocycles. The SMILES string of the molecule is C[C](C)=[Ti+].Oc1ccccc1.[C-]1=CC=CC1.[Cl-].[Cl-]. The number of allylic oxidation sites excluding steroid dienone is 4. The topological polar surface area (TPSA) is 20.2 Å². The Hall–Kier alpha value is -0.336. The molecule has 1 aromatic rings. The zero-order chi connectivity index (χ0) is 12.2. The van der Waals surface area contributed by atoms with Gasteiger partial charge in [-0.25, -0.2) is 12.2 Å². The van der Waals surface area contributed by atoms with Crippen LogP contribution in [0.5, 0.6) is 5.75 Å². The summed E-state index contributed by atoms with van der Waals surface area (Å²) in [5.74, 6) is 0.322. The average molecular weight is 320 g/mol. The minimum atomic E-state index is 0. The van der Waals surface area contributed by atoms with Gasteiger partial charge in [0.2, 0.25) is 0 Å². The maximum Gasteiger partial charge on any atom is 0.115 e. The molecular weight excluding hydrogens is 303 g/mol. The van der Waals surface area contributed by atoms with Gasteiger partial charge in [0.05, 0.1) is 0 Å². The fraction of sp³-hybridized carbons (Fsp3) is 0.214. The molecule has 0 amide bonds. The molecule has 2 rings (SSSR count). The molecule has 0 fully saturated rings. The Labute approximate surface area is 134 Å². The van der Waals surface area contributed by atoms with Crippen molar-refractivity contribution in [2.75, 3.05) is 0 Å². The van der Waals surface area contributed by atoms with E-state index in [-0.39, 0.29) is 24.8 Å². The Morgan fingerprint density at radius 2 is 1.67 bits per heavy atom. The van der Waals surface area contributed by atoms with Crippen molar-refractivity contribution in [3.05, 3.63) is 54.6 Å². The Morgan fingerprint density at radius 1 is 1.17 bits per heavy atom. The van der Waals surface area contributed by atoms with E-state index in [1.807, 2.05) is 18.2 Å². The van der Waals surface area contributed by atoms with Crippen molar-refractivity contribution in [3.8, 4) is 5.75 Å². The van der Waals surface area contributed by atoms with Gasteiger partial charge in [0.25, 0.3) is 0 Å². The van der Waals surface area contributed by atoms with E-state index in [1.54, 1.807) is 24.3 Å².